The summed E-state index contributed by atoms with van der Waals surface area (Å²) in [5, 5.41) is 3.16. The van der Waals surface area contributed by atoms with Gasteiger partial charge >= 0.3 is 24.4 Å². The van der Waals surface area contributed by atoms with Gasteiger partial charge in [0, 0.05) is 18.3 Å². The minimum atomic E-state index is -5.14. The highest BCUT2D eigenvalue weighted by molar-refractivity contribution is 5.90. The molecule has 0 bridgehead atoms. The fraction of sp³-hybridized carbons (Fsp3) is 0.361. The van der Waals surface area contributed by atoms with E-state index < -0.39 is 59.2 Å². The molecule has 0 saturated heterocycles. The number of hydrogen-bond donors (Lipinski definition) is 1. The lowest BCUT2D eigenvalue weighted by Gasteiger charge is -2.40. The van der Waals surface area contributed by atoms with Gasteiger partial charge in [0.25, 0.3) is 0 Å². The molecule has 0 saturated carbocycles. The van der Waals surface area contributed by atoms with E-state index in [1.165, 1.54) is 25.0 Å². The predicted octanol–water partition coefficient (Wildman–Crippen LogP) is 8.15. The van der Waals surface area contributed by atoms with Crippen LogP contribution in [0.2, 0.25) is 0 Å². The van der Waals surface area contributed by atoms with Gasteiger partial charge in [0.1, 0.15) is 12.4 Å². The van der Waals surface area contributed by atoms with Crippen molar-refractivity contribution in [1.29, 1.82) is 0 Å². The number of fused-ring (bicyclic) bond motifs is 1. The van der Waals surface area contributed by atoms with Crippen LogP contribution in [0.5, 0.6) is 5.88 Å². The molecule has 1 N–H and O–H groups in total. The molecule has 1 unspecified atom stereocenters. The summed E-state index contributed by atoms with van der Waals surface area (Å²) in [7, 11) is 1.37. The van der Waals surface area contributed by atoms with Gasteiger partial charge in [-0.15, -0.1) is 0 Å². The molecule has 3 heterocycles. The summed E-state index contributed by atoms with van der Waals surface area (Å²) in [5.41, 5.74) is -2.26. The third-order valence-corrected chi connectivity index (χ3v) is 8.48. The molecular formula is C36H35F6N5O5. The first-order valence-electron chi connectivity index (χ1n) is 16.2. The first kappa shape index (κ1) is 38.0. The van der Waals surface area contributed by atoms with Crippen LogP contribution in [0.3, 0.4) is 0 Å². The molecule has 0 fully saturated rings. The van der Waals surface area contributed by atoms with Gasteiger partial charge < -0.3 is 14.2 Å². The molecule has 276 valence electrons. The van der Waals surface area contributed by atoms with Gasteiger partial charge in [0.15, 0.2) is 0 Å². The Balaban J connectivity index is 1.63. The fourth-order valence-electron chi connectivity index (χ4n) is 5.94. The minimum absolute atomic E-state index is 0.0329. The number of alkyl halides is 6. The Morgan fingerprint density at radius 3 is 2.19 bits per heavy atom. The van der Waals surface area contributed by atoms with Crippen LogP contribution in [0.4, 0.5) is 36.8 Å². The lowest BCUT2D eigenvalue weighted by atomic mass is 9.91. The highest BCUT2D eigenvalue weighted by Crippen LogP contribution is 2.42. The molecular weight excluding hydrogens is 696 g/mol. The second-order valence-corrected chi connectivity index (χ2v) is 11.9. The Morgan fingerprint density at radius 2 is 1.62 bits per heavy atom. The first-order chi connectivity index (χ1) is 24.6. The third-order valence-electron chi connectivity index (χ3n) is 8.48. The lowest BCUT2D eigenvalue weighted by molar-refractivity contribution is -0.143. The summed E-state index contributed by atoms with van der Waals surface area (Å²) < 4.78 is 100. The van der Waals surface area contributed by atoms with Crippen LogP contribution < -0.4 is 15.0 Å². The number of nitrogens with one attached hydrogen (secondary N) is 1. The molecule has 0 aliphatic carbocycles. The summed E-state index contributed by atoms with van der Waals surface area (Å²) in [6.07, 6.45) is -9.28. The summed E-state index contributed by atoms with van der Waals surface area (Å²) in [4.78, 5) is 40.7. The molecule has 0 spiro atoms. The molecule has 52 heavy (non-hydrogen) atoms. The number of benzene rings is 2. The van der Waals surface area contributed by atoms with Crippen LogP contribution in [0.15, 0.2) is 66.9 Å². The van der Waals surface area contributed by atoms with E-state index in [0.29, 0.717) is 29.8 Å². The number of aryl methyl sites for hydroxylation is 1. The van der Waals surface area contributed by atoms with Crippen LogP contribution in [0, 0.1) is 6.92 Å². The number of pyridine rings is 1. The molecule has 5 rings (SSSR count). The maximum absolute atomic E-state index is 14.1. The number of ether oxygens (including phenoxy) is 3. The van der Waals surface area contributed by atoms with Gasteiger partial charge in [0.2, 0.25) is 5.88 Å². The van der Waals surface area contributed by atoms with Gasteiger partial charge in [-0.25, -0.2) is 24.5 Å². The van der Waals surface area contributed by atoms with E-state index >= 15 is 0 Å². The van der Waals surface area contributed by atoms with Crippen LogP contribution in [-0.2, 0) is 28.4 Å². The number of carbonyl (C=O) groups is 2. The number of aromatic nitrogens is 3. The molecule has 16 heteroatoms. The van der Waals surface area contributed by atoms with E-state index in [2.05, 4.69) is 20.3 Å². The van der Waals surface area contributed by atoms with Gasteiger partial charge in [0.05, 0.1) is 59.6 Å². The Morgan fingerprint density at radius 1 is 0.942 bits per heavy atom. The molecule has 2 aromatic carbocycles. The Labute approximate surface area is 295 Å². The highest BCUT2D eigenvalue weighted by Gasteiger charge is 2.41. The Bertz CT molecular complexity index is 1870. The van der Waals surface area contributed by atoms with Crippen molar-refractivity contribution in [2.75, 3.05) is 18.6 Å². The molecule has 4 aromatic rings. The zero-order valence-electron chi connectivity index (χ0n) is 28.5. The summed E-state index contributed by atoms with van der Waals surface area (Å²) in [6.45, 7) is 4.93. The van der Waals surface area contributed by atoms with Crippen molar-refractivity contribution in [3.05, 3.63) is 112 Å². The van der Waals surface area contributed by atoms with Gasteiger partial charge in [-0.05, 0) is 62.1 Å². The van der Waals surface area contributed by atoms with Crippen LogP contribution in [-0.4, -0.2) is 46.8 Å². The van der Waals surface area contributed by atoms with Crippen molar-refractivity contribution in [3.8, 4) is 5.88 Å². The number of halogens is 6. The van der Waals surface area contributed by atoms with E-state index in [9.17, 15) is 35.9 Å². The quantitative estimate of drug-likeness (QED) is 0.127. The smallest absolute Gasteiger partial charge is 0.416 e. The molecule has 1 amide bonds. The number of amides is 1. The largest absolute Gasteiger partial charge is 0.481 e. The molecule has 3 atom stereocenters. The lowest BCUT2D eigenvalue weighted by Crippen LogP contribution is -2.48. The van der Waals surface area contributed by atoms with Crippen molar-refractivity contribution in [3.63, 3.8) is 0 Å². The van der Waals surface area contributed by atoms with Crippen molar-refractivity contribution in [2.45, 2.75) is 70.7 Å². The number of carbonyl (C=O) groups excluding carboxylic acids is 2. The number of methoxy groups -OCH3 is 1. The second-order valence-electron chi connectivity index (χ2n) is 11.9. The van der Waals surface area contributed by atoms with Crippen molar-refractivity contribution < 1.29 is 50.1 Å². The first-order valence-corrected chi connectivity index (χ1v) is 16.2. The van der Waals surface area contributed by atoms with E-state index in [1.54, 1.807) is 43.3 Å². The average molecular weight is 732 g/mol. The molecule has 10 nitrogen and oxygen atoms in total. The van der Waals surface area contributed by atoms with E-state index in [-0.39, 0.29) is 54.4 Å². The van der Waals surface area contributed by atoms with Crippen LogP contribution in [0.1, 0.15) is 88.6 Å². The topological polar surface area (TPSA) is 116 Å². The Hall–Kier alpha value is -5.25. The Kier molecular flexibility index (Phi) is 11.4. The number of rotatable bonds is 10. The number of esters is 1. The SMILES string of the molecule is CCOC(=O)N1c2ccc(OC)nc2[C@@H](NC(c2cc(C(F)(F)F)cc(C(F)(F)F)c2)c2ncc(C(=O)OCc3ccccc3)c(C)n2)C[C@H]1CC. The maximum atomic E-state index is 14.1. The molecule has 1 aliphatic rings. The van der Waals surface area contributed by atoms with Gasteiger partial charge in [-0.1, -0.05) is 37.3 Å². The molecule has 1 aliphatic heterocycles. The zero-order valence-corrected chi connectivity index (χ0v) is 28.5. The number of anilines is 1. The van der Waals surface area contributed by atoms with Crippen molar-refractivity contribution in [2.24, 2.45) is 0 Å². The summed E-state index contributed by atoms with van der Waals surface area (Å²) in [6, 6.07) is 10.3. The molecule has 0 radical (unpaired) electrons. The fourth-order valence-corrected chi connectivity index (χ4v) is 5.94. The van der Waals surface area contributed by atoms with E-state index in [0.717, 1.165) is 6.20 Å². The van der Waals surface area contributed by atoms with E-state index in [4.69, 9.17) is 14.2 Å². The highest BCUT2D eigenvalue weighted by atomic mass is 19.4. The maximum Gasteiger partial charge on any atom is 0.416 e. The van der Waals surface area contributed by atoms with Crippen molar-refractivity contribution in [1.82, 2.24) is 20.3 Å². The normalized spacial score (nSPS) is 16.5. The number of hydrogen-bond acceptors (Lipinski definition) is 9. The predicted molar refractivity (Wildman–Crippen MR) is 175 cm³/mol. The summed E-state index contributed by atoms with van der Waals surface area (Å²) >= 11 is 0. The van der Waals surface area contributed by atoms with Gasteiger partial charge in [-0.2, -0.15) is 26.3 Å². The standard InChI is InChI=1S/C36H35F6N5O5/c1-5-25-17-27(31-28(12-13-29(46-31)50-4)47(25)34(49)51-6-2)45-30(22-14-23(35(37,38)39)16-24(15-22)36(40,41)42)32-43-18-26(20(3)44-32)33(48)52-19-21-10-8-7-9-11-21/h7-16,18,25,27,30,45H,5-6,17,19H2,1-4H3/t25-,27+,30?/m1/s1. The van der Waals surface area contributed by atoms with Gasteiger partial charge in [-0.3, -0.25) is 10.2 Å². The monoisotopic (exact) mass is 731 g/mol. The number of nitrogens with zero attached hydrogens (tertiary/aromatic N) is 4. The van der Waals surface area contributed by atoms with Crippen molar-refractivity contribution >= 4 is 17.7 Å². The third kappa shape index (κ3) is 8.44. The second kappa shape index (κ2) is 15.6. The average Bonchev–Trinajstić information content (AvgIpc) is 3.11. The van der Waals surface area contributed by atoms with Crippen LogP contribution >= 0.6 is 0 Å². The van der Waals surface area contributed by atoms with E-state index in [1.807, 2.05) is 6.92 Å². The van der Waals surface area contributed by atoms with Crippen LogP contribution in [0.25, 0.3) is 0 Å². The molecule has 2 aromatic heterocycles. The zero-order chi connectivity index (χ0) is 37.8. The minimum Gasteiger partial charge on any atom is -0.481 e. The summed E-state index contributed by atoms with van der Waals surface area (Å²) in [5.74, 6) is -0.863.